The first kappa shape index (κ1) is 25.4. The van der Waals surface area contributed by atoms with E-state index in [0.29, 0.717) is 22.7 Å². The second kappa shape index (κ2) is 10.9. The summed E-state index contributed by atoms with van der Waals surface area (Å²) >= 11 is 0. The summed E-state index contributed by atoms with van der Waals surface area (Å²) in [5.41, 5.74) is 1.51. The molecule has 0 aliphatic heterocycles. The van der Waals surface area contributed by atoms with Crippen LogP contribution in [0.2, 0.25) is 0 Å². The van der Waals surface area contributed by atoms with Crippen LogP contribution in [0.1, 0.15) is 20.7 Å². The summed E-state index contributed by atoms with van der Waals surface area (Å²) in [5, 5.41) is 5.46. The van der Waals surface area contributed by atoms with Gasteiger partial charge in [0.05, 0.1) is 23.3 Å². The average Bonchev–Trinajstić information content (AvgIpc) is 2.90. The highest BCUT2D eigenvalue weighted by molar-refractivity contribution is 7.92. The first-order chi connectivity index (χ1) is 17.7. The van der Waals surface area contributed by atoms with Gasteiger partial charge < -0.3 is 15.4 Å². The predicted octanol–water partition coefficient (Wildman–Crippen LogP) is 5.14. The van der Waals surface area contributed by atoms with E-state index in [2.05, 4.69) is 15.4 Å². The Hall–Kier alpha value is -4.70. The van der Waals surface area contributed by atoms with Gasteiger partial charge >= 0.3 is 0 Å². The van der Waals surface area contributed by atoms with Gasteiger partial charge in [-0.25, -0.2) is 12.8 Å². The second-order valence-corrected chi connectivity index (χ2v) is 9.50. The van der Waals surface area contributed by atoms with Crippen molar-refractivity contribution in [1.82, 2.24) is 0 Å². The Morgan fingerprint density at radius 2 is 1.30 bits per heavy atom. The van der Waals surface area contributed by atoms with Gasteiger partial charge in [0.1, 0.15) is 11.6 Å². The molecule has 0 aliphatic rings. The van der Waals surface area contributed by atoms with Gasteiger partial charge in [-0.1, -0.05) is 12.1 Å². The maximum atomic E-state index is 13.2. The normalized spacial score (nSPS) is 10.9. The molecule has 0 spiro atoms. The van der Waals surface area contributed by atoms with Gasteiger partial charge in [-0.05, 0) is 84.9 Å². The van der Waals surface area contributed by atoms with Gasteiger partial charge in [-0.2, -0.15) is 0 Å². The van der Waals surface area contributed by atoms with Gasteiger partial charge in [-0.15, -0.1) is 0 Å². The summed E-state index contributed by atoms with van der Waals surface area (Å²) in [7, 11) is -2.50. The molecule has 0 fully saturated rings. The molecule has 0 saturated carbocycles. The van der Waals surface area contributed by atoms with Crippen LogP contribution >= 0.6 is 0 Å². The smallest absolute Gasteiger partial charge is 0.261 e. The Balaban J connectivity index is 1.44. The highest BCUT2D eigenvalue weighted by Gasteiger charge is 2.19. The number of sulfonamides is 1. The van der Waals surface area contributed by atoms with Gasteiger partial charge in [-0.3, -0.25) is 14.3 Å². The molecule has 0 radical (unpaired) electrons. The molecule has 0 heterocycles. The summed E-state index contributed by atoms with van der Waals surface area (Å²) in [6.07, 6.45) is 0. The minimum atomic E-state index is -4.05. The van der Waals surface area contributed by atoms with Crippen LogP contribution < -0.4 is 20.1 Å². The molecular formula is C27H22FN3O5S. The van der Waals surface area contributed by atoms with Gasteiger partial charge in [0, 0.05) is 16.9 Å². The average molecular weight is 520 g/mol. The van der Waals surface area contributed by atoms with Crippen LogP contribution in [0, 0.1) is 5.82 Å². The van der Waals surface area contributed by atoms with Crippen molar-refractivity contribution in [2.45, 2.75) is 4.90 Å². The molecular weight excluding hydrogens is 497 g/mol. The van der Waals surface area contributed by atoms with E-state index in [0.717, 1.165) is 24.3 Å². The van der Waals surface area contributed by atoms with E-state index < -0.39 is 21.7 Å². The number of anilines is 3. The quantitative estimate of drug-likeness (QED) is 0.298. The number of methoxy groups -OCH3 is 1. The summed E-state index contributed by atoms with van der Waals surface area (Å²) in [6.45, 7) is 0. The molecule has 188 valence electrons. The number of ether oxygens (including phenoxy) is 1. The molecule has 0 bridgehead atoms. The first-order valence-corrected chi connectivity index (χ1v) is 12.5. The van der Waals surface area contributed by atoms with Crippen LogP contribution in [0.3, 0.4) is 0 Å². The number of nitrogens with one attached hydrogen (secondary N) is 3. The molecule has 4 rings (SSSR count). The second-order valence-electron chi connectivity index (χ2n) is 7.82. The number of hydrogen-bond donors (Lipinski definition) is 3. The lowest BCUT2D eigenvalue weighted by molar-refractivity contribution is 0.102. The van der Waals surface area contributed by atoms with E-state index >= 15 is 0 Å². The fourth-order valence-corrected chi connectivity index (χ4v) is 4.45. The molecule has 10 heteroatoms. The largest absolute Gasteiger partial charge is 0.497 e. The molecule has 0 saturated heterocycles. The van der Waals surface area contributed by atoms with Crippen molar-refractivity contribution in [3.05, 3.63) is 114 Å². The van der Waals surface area contributed by atoms with Crippen LogP contribution in [-0.4, -0.2) is 27.3 Å². The molecule has 3 N–H and O–H groups in total. The minimum Gasteiger partial charge on any atom is -0.497 e. The topological polar surface area (TPSA) is 114 Å². The van der Waals surface area contributed by atoms with E-state index in [1.165, 1.54) is 12.1 Å². The molecule has 0 aromatic heterocycles. The van der Waals surface area contributed by atoms with Crippen molar-refractivity contribution in [1.29, 1.82) is 0 Å². The Bertz CT molecular complexity index is 1520. The van der Waals surface area contributed by atoms with Crippen molar-refractivity contribution in [3.8, 4) is 5.75 Å². The number of benzene rings is 4. The maximum Gasteiger partial charge on any atom is 0.261 e. The number of rotatable bonds is 8. The Labute approximate surface area is 213 Å². The van der Waals surface area contributed by atoms with E-state index in [1.807, 2.05) is 0 Å². The van der Waals surface area contributed by atoms with Gasteiger partial charge in [0.25, 0.3) is 21.8 Å². The summed E-state index contributed by atoms with van der Waals surface area (Å²) in [5.74, 6) is -0.790. The Kier molecular flexibility index (Phi) is 7.49. The highest BCUT2D eigenvalue weighted by Crippen LogP contribution is 2.22. The number of para-hydroxylation sites is 1. The van der Waals surface area contributed by atoms with Crippen molar-refractivity contribution < 1.29 is 27.1 Å². The van der Waals surface area contributed by atoms with Crippen LogP contribution in [0.25, 0.3) is 0 Å². The van der Waals surface area contributed by atoms with Crippen molar-refractivity contribution in [3.63, 3.8) is 0 Å². The Morgan fingerprint density at radius 3 is 1.92 bits per heavy atom. The lowest BCUT2D eigenvalue weighted by atomic mass is 10.1. The van der Waals surface area contributed by atoms with E-state index in [4.69, 9.17) is 4.74 Å². The lowest BCUT2D eigenvalue weighted by Gasteiger charge is -2.13. The van der Waals surface area contributed by atoms with E-state index in [1.54, 1.807) is 67.8 Å². The summed E-state index contributed by atoms with van der Waals surface area (Å²) < 4.78 is 46.0. The summed E-state index contributed by atoms with van der Waals surface area (Å²) in [6, 6.07) is 23.5. The fourth-order valence-electron chi connectivity index (χ4n) is 3.37. The van der Waals surface area contributed by atoms with Crippen molar-refractivity contribution in [2.24, 2.45) is 0 Å². The standard InChI is InChI=1S/C27H22FN3O5S/c1-36-22-14-12-21(13-15-22)29-26(32)18-6-10-20(11-7-18)30-27(33)24-4-2-3-5-25(24)31-37(34,35)23-16-8-19(28)9-17-23/h2-17,31H,1H3,(H,29,32)(H,30,33). The zero-order valence-electron chi connectivity index (χ0n) is 19.6. The Morgan fingerprint density at radius 1 is 0.730 bits per heavy atom. The highest BCUT2D eigenvalue weighted by atomic mass is 32.2. The lowest BCUT2D eigenvalue weighted by Crippen LogP contribution is -2.18. The van der Waals surface area contributed by atoms with Crippen LogP contribution in [0.5, 0.6) is 5.75 Å². The van der Waals surface area contributed by atoms with E-state index in [9.17, 15) is 22.4 Å². The van der Waals surface area contributed by atoms with Gasteiger partial charge in [0.2, 0.25) is 0 Å². The van der Waals surface area contributed by atoms with Crippen molar-refractivity contribution in [2.75, 3.05) is 22.5 Å². The number of amides is 2. The molecule has 0 atom stereocenters. The molecule has 4 aromatic rings. The molecule has 8 nitrogen and oxygen atoms in total. The fraction of sp³-hybridized carbons (Fsp3) is 0.0370. The molecule has 0 unspecified atom stereocenters. The molecule has 2 amide bonds. The monoisotopic (exact) mass is 519 g/mol. The predicted molar refractivity (Wildman–Crippen MR) is 139 cm³/mol. The number of hydrogen-bond acceptors (Lipinski definition) is 5. The third kappa shape index (κ3) is 6.30. The first-order valence-electron chi connectivity index (χ1n) is 11.0. The number of halogens is 1. The van der Waals surface area contributed by atoms with Gasteiger partial charge in [0.15, 0.2) is 0 Å². The van der Waals surface area contributed by atoms with Crippen LogP contribution in [-0.2, 0) is 10.0 Å². The molecule has 0 aliphatic carbocycles. The zero-order valence-corrected chi connectivity index (χ0v) is 20.4. The minimum absolute atomic E-state index is 0.0554. The third-order valence-corrected chi connectivity index (χ3v) is 6.67. The van der Waals surface area contributed by atoms with E-state index in [-0.39, 0.29) is 22.1 Å². The zero-order chi connectivity index (χ0) is 26.4. The molecule has 4 aromatic carbocycles. The van der Waals surface area contributed by atoms with Crippen LogP contribution in [0.4, 0.5) is 21.5 Å². The molecule has 37 heavy (non-hydrogen) atoms. The SMILES string of the molecule is COc1ccc(NC(=O)c2ccc(NC(=O)c3ccccc3NS(=O)(=O)c3ccc(F)cc3)cc2)cc1. The third-order valence-electron chi connectivity index (χ3n) is 5.29. The summed E-state index contributed by atoms with van der Waals surface area (Å²) in [4.78, 5) is 25.3. The number of carbonyl (C=O) groups is 2. The maximum absolute atomic E-state index is 13.2. The van der Waals surface area contributed by atoms with Crippen molar-refractivity contribution >= 4 is 38.9 Å². The van der Waals surface area contributed by atoms with Crippen LogP contribution in [0.15, 0.2) is 102 Å². The number of carbonyl (C=O) groups excluding carboxylic acids is 2.